The van der Waals surface area contributed by atoms with Crippen LogP contribution in [0, 0.1) is 0 Å². The summed E-state index contributed by atoms with van der Waals surface area (Å²) >= 11 is 9.73. The predicted octanol–water partition coefficient (Wildman–Crippen LogP) is 6.66. The molecule has 1 fully saturated rings. The summed E-state index contributed by atoms with van der Waals surface area (Å²) in [5, 5.41) is 0. The van der Waals surface area contributed by atoms with E-state index in [1.54, 1.807) is 24.3 Å². The van der Waals surface area contributed by atoms with Gasteiger partial charge in [-0.2, -0.15) is 13.2 Å². The molecule has 152 valence electrons. The Hall–Kier alpha value is -1.84. The Labute approximate surface area is 184 Å². The van der Waals surface area contributed by atoms with Gasteiger partial charge in [-0.1, -0.05) is 36.1 Å². The lowest BCUT2D eigenvalue weighted by Gasteiger charge is -2.16. The highest BCUT2D eigenvalue weighted by atomic mass is 79.9. The van der Waals surface area contributed by atoms with Crippen molar-refractivity contribution in [3.63, 3.8) is 0 Å². The van der Waals surface area contributed by atoms with E-state index >= 15 is 0 Å². The van der Waals surface area contributed by atoms with Crippen LogP contribution >= 0.6 is 39.9 Å². The van der Waals surface area contributed by atoms with Gasteiger partial charge in [0.25, 0.3) is 5.91 Å². The number of thioether (sulfide) groups is 1. The fourth-order valence-electron chi connectivity index (χ4n) is 2.62. The van der Waals surface area contributed by atoms with Gasteiger partial charge in [-0.05, 0) is 71.7 Å². The molecule has 0 bridgehead atoms. The second kappa shape index (κ2) is 8.49. The fourth-order valence-corrected chi connectivity index (χ4v) is 4.41. The second-order valence-corrected chi connectivity index (χ2v) is 8.95. The van der Waals surface area contributed by atoms with E-state index < -0.39 is 17.6 Å². The maximum absolute atomic E-state index is 13.0. The van der Waals surface area contributed by atoms with Gasteiger partial charge in [-0.3, -0.25) is 9.69 Å². The summed E-state index contributed by atoms with van der Waals surface area (Å²) in [6.07, 6.45) is -2.84. The lowest BCUT2D eigenvalue weighted by Crippen LogP contribution is -2.27. The zero-order chi connectivity index (χ0) is 21.3. The van der Waals surface area contributed by atoms with Crippen LogP contribution in [0.15, 0.2) is 51.8 Å². The van der Waals surface area contributed by atoms with E-state index in [4.69, 9.17) is 17.0 Å². The summed E-state index contributed by atoms with van der Waals surface area (Å²) in [6, 6.07) is 9.93. The van der Waals surface area contributed by atoms with Gasteiger partial charge in [0.2, 0.25) is 0 Å². The molecule has 3 nitrogen and oxygen atoms in total. The van der Waals surface area contributed by atoms with Crippen LogP contribution in [0.3, 0.4) is 0 Å². The van der Waals surface area contributed by atoms with Gasteiger partial charge in [0.05, 0.1) is 26.7 Å². The number of rotatable bonds is 4. The minimum absolute atomic E-state index is 0.0147. The molecule has 9 heteroatoms. The lowest BCUT2D eigenvalue weighted by atomic mass is 10.1. The molecule has 0 saturated carbocycles. The van der Waals surface area contributed by atoms with E-state index in [-0.39, 0.29) is 16.1 Å². The van der Waals surface area contributed by atoms with Gasteiger partial charge in [0.15, 0.2) is 4.32 Å². The van der Waals surface area contributed by atoms with Crippen LogP contribution in [0.2, 0.25) is 0 Å². The van der Waals surface area contributed by atoms with E-state index in [9.17, 15) is 18.0 Å². The van der Waals surface area contributed by atoms with Crippen LogP contribution in [-0.2, 0) is 11.0 Å². The Balaban J connectivity index is 1.88. The topological polar surface area (TPSA) is 29.5 Å². The Morgan fingerprint density at radius 2 is 1.93 bits per heavy atom. The smallest absolute Gasteiger partial charge is 0.416 e. The Morgan fingerprint density at radius 1 is 1.21 bits per heavy atom. The van der Waals surface area contributed by atoms with Crippen molar-refractivity contribution in [2.75, 3.05) is 4.90 Å². The van der Waals surface area contributed by atoms with E-state index in [2.05, 4.69) is 15.9 Å². The van der Waals surface area contributed by atoms with Gasteiger partial charge < -0.3 is 4.74 Å². The summed E-state index contributed by atoms with van der Waals surface area (Å²) in [5.74, 6) is 0.214. The zero-order valence-electron chi connectivity index (χ0n) is 15.3. The van der Waals surface area contributed by atoms with Crippen LogP contribution in [0.25, 0.3) is 6.08 Å². The summed E-state index contributed by atoms with van der Waals surface area (Å²) < 4.78 is 45.6. The molecule has 1 aliphatic rings. The molecule has 3 rings (SSSR count). The minimum Gasteiger partial charge on any atom is -0.490 e. The maximum atomic E-state index is 13.0. The third-order valence-corrected chi connectivity index (χ3v) is 5.76. The average molecular weight is 502 g/mol. The molecule has 0 unspecified atom stereocenters. The number of nitrogens with zero attached hydrogens (tertiary/aromatic N) is 1. The van der Waals surface area contributed by atoms with E-state index in [1.165, 1.54) is 12.1 Å². The minimum atomic E-state index is -4.50. The van der Waals surface area contributed by atoms with Crippen molar-refractivity contribution in [3.05, 3.63) is 63.0 Å². The first kappa shape index (κ1) is 21.9. The zero-order valence-corrected chi connectivity index (χ0v) is 18.5. The summed E-state index contributed by atoms with van der Waals surface area (Å²) in [7, 11) is 0. The maximum Gasteiger partial charge on any atom is 0.416 e. The molecule has 2 aromatic rings. The number of benzene rings is 2. The molecule has 1 amide bonds. The van der Waals surface area contributed by atoms with E-state index in [0.29, 0.717) is 10.7 Å². The van der Waals surface area contributed by atoms with Crippen molar-refractivity contribution in [1.29, 1.82) is 0 Å². The number of anilines is 1. The fraction of sp³-hybridized carbons (Fsp3) is 0.200. The third kappa shape index (κ3) is 5.02. The highest BCUT2D eigenvalue weighted by Crippen LogP contribution is 2.39. The van der Waals surface area contributed by atoms with Crippen molar-refractivity contribution >= 4 is 61.9 Å². The number of alkyl halides is 3. The normalized spacial score (nSPS) is 16.2. The summed E-state index contributed by atoms with van der Waals surface area (Å²) in [4.78, 5) is 14.3. The van der Waals surface area contributed by atoms with Crippen LogP contribution in [-0.4, -0.2) is 16.3 Å². The molecule has 1 heterocycles. The van der Waals surface area contributed by atoms with Crippen molar-refractivity contribution in [3.8, 4) is 5.75 Å². The number of hydrogen-bond donors (Lipinski definition) is 0. The lowest BCUT2D eigenvalue weighted by molar-refractivity contribution is -0.137. The number of hydrogen-bond acceptors (Lipinski definition) is 4. The molecule has 29 heavy (non-hydrogen) atoms. The first-order chi connectivity index (χ1) is 13.6. The number of halogens is 4. The van der Waals surface area contributed by atoms with Gasteiger partial charge in [0.1, 0.15) is 5.75 Å². The molecular weight excluding hydrogens is 487 g/mol. The van der Waals surface area contributed by atoms with Gasteiger partial charge in [0, 0.05) is 0 Å². The van der Waals surface area contributed by atoms with Crippen LogP contribution in [0.5, 0.6) is 5.75 Å². The largest absolute Gasteiger partial charge is 0.490 e. The Morgan fingerprint density at radius 3 is 2.55 bits per heavy atom. The second-order valence-electron chi connectivity index (χ2n) is 6.42. The Bertz CT molecular complexity index is 1010. The summed E-state index contributed by atoms with van der Waals surface area (Å²) in [5.41, 5.74) is -0.0113. The molecule has 0 aliphatic carbocycles. The van der Waals surface area contributed by atoms with Crippen LogP contribution < -0.4 is 9.64 Å². The Kier molecular flexibility index (Phi) is 6.40. The van der Waals surface area contributed by atoms with E-state index in [0.717, 1.165) is 38.8 Å². The van der Waals surface area contributed by atoms with Crippen molar-refractivity contribution in [2.45, 2.75) is 26.1 Å². The molecule has 0 N–H and O–H groups in total. The molecule has 2 aromatic carbocycles. The first-order valence-electron chi connectivity index (χ1n) is 8.47. The molecular formula is C20H15BrF3NO2S2. The SMILES string of the molecule is CC(C)Oc1ccc(/C=C2/SC(=S)N(c3cccc(C(F)(F)F)c3)C2=O)cc1Br. The number of thiocarbonyl (C=S) groups is 1. The molecule has 0 radical (unpaired) electrons. The molecule has 1 saturated heterocycles. The highest BCUT2D eigenvalue weighted by molar-refractivity contribution is 9.10. The molecule has 0 spiro atoms. The quantitative estimate of drug-likeness (QED) is 0.346. The standard InChI is InChI=1S/C20H15BrF3NO2S2/c1-11(2)27-16-7-6-12(8-15(16)21)9-17-18(26)25(19(28)29-17)14-5-3-4-13(10-14)20(22,23)24/h3-11H,1-2H3/b17-9+. The number of ether oxygens (including phenoxy) is 1. The molecule has 0 aromatic heterocycles. The number of carbonyl (C=O) groups is 1. The summed E-state index contributed by atoms with van der Waals surface area (Å²) in [6.45, 7) is 3.83. The van der Waals surface area contributed by atoms with Crippen LogP contribution in [0.1, 0.15) is 25.0 Å². The van der Waals surface area contributed by atoms with Crippen molar-refractivity contribution < 1.29 is 22.7 Å². The van der Waals surface area contributed by atoms with Gasteiger partial charge in [-0.25, -0.2) is 0 Å². The van der Waals surface area contributed by atoms with Crippen LogP contribution in [0.4, 0.5) is 18.9 Å². The van der Waals surface area contributed by atoms with Gasteiger partial charge >= 0.3 is 6.18 Å². The van der Waals surface area contributed by atoms with Gasteiger partial charge in [-0.15, -0.1) is 0 Å². The van der Waals surface area contributed by atoms with E-state index in [1.807, 2.05) is 13.8 Å². The number of carbonyl (C=O) groups excluding carboxylic acids is 1. The monoisotopic (exact) mass is 501 g/mol. The molecule has 1 aliphatic heterocycles. The third-order valence-electron chi connectivity index (χ3n) is 3.84. The average Bonchev–Trinajstić information content (AvgIpc) is 2.90. The molecule has 0 atom stereocenters. The highest BCUT2D eigenvalue weighted by Gasteiger charge is 2.36. The number of amides is 1. The predicted molar refractivity (Wildman–Crippen MR) is 117 cm³/mol. The van der Waals surface area contributed by atoms with Crippen molar-refractivity contribution in [2.24, 2.45) is 0 Å². The first-order valence-corrected chi connectivity index (χ1v) is 10.5. The van der Waals surface area contributed by atoms with Crippen molar-refractivity contribution in [1.82, 2.24) is 0 Å².